The van der Waals surface area contributed by atoms with Crippen LogP contribution >= 0.6 is 35.0 Å². The summed E-state index contributed by atoms with van der Waals surface area (Å²) in [4.78, 5) is 15.2. The first kappa shape index (κ1) is 16.1. The number of hydrogen-bond acceptors (Lipinski definition) is 6. The number of rotatable bonds is 6. The van der Waals surface area contributed by atoms with Crippen molar-refractivity contribution in [3.05, 3.63) is 34.1 Å². The third-order valence-electron chi connectivity index (χ3n) is 2.54. The Balaban J connectivity index is 1.93. The van der Waals surface area contributed by atoms with E-state index in [1.807, 2.05) is 0 Å². The fraction of sp³-hybridized carbons (Fsp3) is 0.308. The Morgan fingerprint density at radius 1 is 1.43 bits per heavy atom. The molecule has 8 heteroatoms. The monoisotopic (exact) mass is 346 g/mol. The standard InChI is InChI=1S/C13H12Cl2N2O3S/c1-19-12(18)4-5-21-7-11-16-13(17-20-11)9-3-2-8(14)6-10(9)15/h2-3,6H,4-5,7H2,1H3. The molecule has 0 radical (unpaired) electrons. The molecule has 0 saturated carbocycles. The summed E-state index contributed by atoms with van der Waals surface area (Å²) in [6, 6.07) is 5.08. The third kappa shape index (κ3) is 4.62. The van der Waals surface area contributed by atoms with Crippen LogP contribution in [0.15, 0.2) is 22.7 Å². The fourth-order valence-electron chi connectivity index (χ4n) is 1.51. The zero-order chi connectivity index (χ0) is 15.2. The Bertz CT molecular complexity index is 634. The van der Waals surface area contributed by atoms with Gasteiger partial charge in [-0.3, -0.25) is 4.79 Å². The highest BCUT2D eigenvalue weighted by atomic mass is 35.5. The van der Waals surface area contributed by atoms with Gasteiger partial charge in [0.2, 0.25) is 11.7 Å². The normalized spacial score (nSPS) is 10.6. The smallest absolute Gasteiger partial charge is 0.306 e. The lowest BCUT2D eigenvalue weighted by atomic mass is 10.2. The second-order valence-corrected chi connectivity index (χ2v) is 5.96. The van der Waals surface area contributed by atoms with Crippen LogP contribution in [0.1, 0.15) is 12.3 Å². The number of thioether (sulfide) groups is 1. The average molecular weight is 347 g/mol. The van der Waals surface area contributed by atoms with Crippen molar-refractivity contribution in [2.45, 2.75) is 12.2 Å². The minimum atomic E-state index is -0.235. The molecular formula is C13H12Cl2N2O3S. The number of carbonyl (C=O) groups excluding carboxylic acids is 1. The van der Waals surface area contributed by atoms with Gasteiger partial charge in [0, 0.05) is 16.3 Å². The molecule has 0 amide bonds. The van der Waals surface area contributed by atoms with E-state index in [4.69, 9.17) is 27.7 Å². The van der Waals surface area contributed by atoms with E-state index in [9.17, 15) is 4.79 Å². The minimum Gasteiger partial charge on any atom is -0.469 e. The molecule has 2 rings (SSSR count). The Morgan fingerprint density at radius 3 is 2.95 bits per heavy atom. The van der Waals surface area contributed by atoms with Crippen molar-refractivity contribution in [2.24, 2.45) is 0 Å². The first-order valence-corrected chi connectivity index (χ1v) is 7.94. The van der Waals surface area contributed by atoms with Crippen LogP contribution in [0.3, 0.4) is 0 Å². The maximum Gasteiger partial charge on any atom is 0.306 e. The summed E-state index contributed by atoms with van der Waals surface area (Å²) >= 11 is 13.4. The molecule has 0 N–H and O–H groups in total. The van der Waals surface area contributed by atoms with E-state index in [2.05, 4.69) is 14.9 Å². The molecule has 0 aliphatic carbocycles. The van der Waals surface area contributed by atoms with Gasteiger partial charge in [-0.25, -0.2) is 0 Å². The molecule has 0 bridgehead atoms. The van der Waals surface area contributed by atoms with Crippen molar-refractivity contribution in [1.29, 1.82) is 0 Å². The molecular weight excluding hydrogens is 335 g/mol. The van der Waals surface area contributed by atoms with Crippen LogP contribution in [-0.4, -0.2) is 29.0 Å². The van der Waals surface area contributed by atoms with E-state index in [-0.39, 0.29) is 5.97 Å². The van der Waals surface area contributed by atoms with Gasteiger partial charge in [-0.1, -0.05) is 28.4 Å². The van der Waals surface area contributed by atoms with E-state index in [1.54, 1.807) is 18.2 Å². The lowest BCUT2D eigenvalue weighted by Crippen LogP contribution is -2.01. The van der Waals surface area contributed by atoms with Gasteiger partial charge in [0.15, 0.2) is 0 Å². The minimum absolute atomic E-state index is 0.235. The lowest BCUT2D eigenvalue weighted by molar-refractivity contribution is -0.140. The number of esters is 1. The molecule has 1 aromatic carbocycles. The molecule has 0 aliphatic rings. The van der Waals surface area contributed by atoms with Gasteiger partial charge in [0.05, 0.1) is 24.3 Å². The second-order valence-electron chi connectivity index (χ2n) is 4.01. The highest BCUT2D eigenvalue weighted by Crippen LogP contribution is 2.28. The van der Waals surface area contributed by atoms with Gasteiger partial charge < -0.3 is 9.26 Å². The molecule has 0 aliphatic heterocycles. The Morgan fingerprint density at radius 2 is 2.24 bits per heavy atom. The predicted octanol–water partition coefficient (Wildman–Crippen LogP) is 3.84. The van der Waals surface area contributed by atoms with Gasteiger partial charge in [0.25, 0.3) is 0 Å². The van der Waals surface area contributed by atoms with Crippen molar-refractivity contribution in [3.8, 4) is 11.4 Å². The van der Waals surface area contributed by atoms with Crippen LogP contribution in [0.4, 0.5) is 0 Å². The Labute approximate surface area is 136 Å². The van der Waals surface area contributed by atoms with Crippen LogP contribution in [0, 0.1) is 0 Å². The lowest BCUT2D eigenvalue weighted by Gasteiger charge is -1.98. The molecule has 112 valence electrons. The summed E-state index contributed by atoms with van der Waals surface area (Å²) in [6.07, 6.45) is 0.352. The third-order valence-corrected chi connectivity index (χ3v) is 4.04. The number of carbonyl (C=O) groups is 1. The summed E-state index contributed by atoms with van der Waals surface area (Å²) in [5, 5.41) is 4.90. The predicted molar refractivity (Wildman–Crippen MR) is 82.5 cm³/mol. The molecule has 0 atom stereocenters. The second kappa shape index (κ2) is 7.68. The van der Waals surface area contributed by atoms with Crippen molar-refractivity contribution >= 4 is 40.9 Å². The van der Waals surface area contributed by atoms with Crippen LogP contribution in [0.25, 0.3) is 11.4 Å². The molecule has 2 aromatic rings. The number of halogens is 2. The van der Waals surface area contributed by atoms with Crippen molar-refractivity contribution in [2.75, 3.05) is 12.9 Å². The summed E-state index contributed by atoms with van der Waals surface area (Å²) in [6.45, 7) is 0. The van der Waals surface area contributed by atoms with Gasteiger partial charge in [-0.2, -0.15) is 16.7 Å². The first-order chi connectivity index (χ1) is 10.1. The van der Waals surface area contributed by atoms with Gasteiger partial charge >= 0.3 is 5.97 Å². The summed E-state index contributed by atoms with van der Waals surface area (Å²) < 4.78 is 9.71. The SMILES string of the molecule is COC(=O)CCSCc1nc(-c2ccc(Cl)cc2Cl)no1. The van der Waals surface area contributed by atoms with Crippen molar-refractivity contribution in [1.82, 2.24) is 10.1 Å². The Kier molecular flexibility index (Phi) is 5.90. The summed E-state index contributed by atoms with van der Waals surface area (Å²) in [5.74, 6) is 1.81. The van der Waals surface area contributed by atoms with E-state index in [1.165, 1.54) is 18.9 Å². The quantitative estimate of drug-likeness (QED) is 0.584. The molecule has 5 nitrogen and oxygen atoms in total. The molecule has 1 heterocycles. The molecule has 0 unspecified atom stereocenters. The van der Waals surface area contributed by atoms with Gasteiger partial charge in [-0.05, 0) is 18.2 Å². The maximum absolute atomic E-state index is 11.0. The highest BCUT2D eigenvalue weighted by Gasteiger charge is 2.12. The van der Waals surface area contributed by atoms with Gasteiger partial charge in [0.1, 0.15) is 0 Å². The number of nitrogens with zero attached hydrogens (tertiary/aromatic N) is 2. The number of methoxy groups -OCH3 is 1. The van der Waals surface area contributed by atoms with E-state index in [0.29, 0.717) is 45.3 Å². The molecule has 21 heavy (non-hydrogen) atoms. The largest absolute Gasteiger partial charge is 0.469 e. The number of aromatic nitrogens is 2. The number of hydrogen-bond donors (Lipinski definition) is 0. The fourth-order valence-corrected chi connectivity index (χ4v) is 2.75. The van der Waals surface area contributed by atoms with Crippen molar-refractivity contribution < 1.29 is 14.1 Å². The Hall–Kier alpha value is -1.24. The zero-order valence-electron chi connectivity index (χ0n) is 11.1. The molecule has 1 aromatic heterocycles. The number of benzene rings is 1. The van der Waals surface area contributed by atoms with E-state index >= 15 is 0 Å². The van der Waals surface area contributed by atoms with E-state index in [0.717, 1.165) is 0 Å². The number of ether oxygens (including phenoxy) is 1. The van der Waals surface area contributed by atoms with Crippen molar-refractivity contribution in [3.63, 3.8) is 0 Å². The first-order valence-electron chi connectivity index (χ1n) is 6.02. The van der Waals surface area contributed by atoms with Gasteiger partial charge in [-0.15, -0.1) is 0 Å². The van der Waals surface area contributed by atoms with Crippen LogP contribution in [0.5, 0.6) is 0 Å². The maximum atomic E-state index is 11.0. The average Bonchev–Trinajstić information content (AvgIpc) is 2.92. The van der Waals surface area contributed by atoms with Crippen LogP contribution < -0.4 is 0 Å². The van der Waals surface area contributed by atoms with Crippen LogP contribution in [0.2, 0.25) is 10.0 Å². The summed E-state index contributed by atoms with van der Waals surface area (Å²) in [5.41, 5.74) is 0.663. The molecule has 0 saturated heterocycles. The zero-order valence-corrected chi connectivity index (χ0v) is 13.5. The van der Waals surface area contributed by atoms with Crippen LogP contribution in [-0.2, 0) is 15.3 Å². The van der Waals surface area contributed by atoms with E-state index < -0.39 is 0 Å². The highest BCUT2D eigenvalue weighted by molar-refractivity contribution is 7.98. The summed E-state index contributed by atoms with van der Waals surface area (Å²) in [7, 11) is 1.37. The topological polar surface area (TPSA) is 65.2 Å². The molecule has 0 spiro atoms. The molecule has 0 fully saturated rings.